The Morgan fingerprint density at radius 1 is 1.00 bits per heavy atom. The molecule has 0 saturated heterocycles. The van der Waals surface area contributed by atoms with Gasteiger partial charge in [0.15, 0.2) is 0 Å². The molecule has 1 rings (SSSR count). The molecule has 220 valence electrons. The van der Waals surface area contributed by atoms with Crippen LogP contribution in [0.5, 0.6) is 5.75 Å². The summed E-state index contributed by atoms with van der Waals surface area (Å²) in [6.07, 6.45) is 0.365. The third kappa shape index (κ3) is 11.5. The zero-order valence-corrected chi connectivity index (χ0v) is 25.0. The van der Waals surface area contributed by atoms with Crippen molar-refractivity contribution in [3.8, 4) is 5.75 Å². The normalized spacial score (nSPS) is 13.9. The van der Waals surface area contributed by atoms with Gasteiger partial charge >= 0.3 is 6.09 Å². The van der Waals surface area contributed by atoms with Crippen LogP contribution in [0.4, 0.5) is 4.79 Å². The summed E-state index contributed by atoms with van der Waals surface area (Å²) in [6, 6.07) is 1.95. The largest absolute Gasteiger partial charge is 0.508 e. The minimum atomic E-state index is -1.17. The van der Waals surface area contributed by atoms with E-state index in [1.807, 2.05) is 20.8 Å². The fourth-order valence-corrected chi connectivity index (χ4v) is 4.14. The number of carbonyl (C=O) groups is 4. The zero-order chi connectivity index (χ0) is 30.1. The van der Waals surface area contributed by atoms with Crippen molar-refractivity contribution in [2.24, 2.45) is 11.7 Å². The second kappa shape index (κ2) is 14.7. The number of primary amides is 1. The van der Waals surface area contributed by atoms with Crippen molar-refractivity contribution in [3.63, 3.8) is 0 Å². The fourth-order valence-electron chi connectivity index (χ4n) is 4.14. The van der Waals surface area contributed by atoms with E-state index in [-0.39, 0.29) is 24.6 Å². The standard InChI is InChI=1S/C29H48N4O6/c1-17(2)10-11-20(6)33(25(26(36)31-18(3)4)21-12-14-23(34)19(5)16-21)27(37)22(13-15-24(30)35)32-28(38)39-29(7,8)9/h12,14,16-18,20,22,25,34H,10-11,13,15H2,1-9H3,(H2,30,35)(H,31,36)(H,32,38). The summed E-state index contributed by atoms with van der Waals surface area (Å²) in [5, 5.41) is 15.6. The highest BCUT2D eigenvalue weighted by molar-refractivity contribution is 5.92. The van der Waals surface area contributed by atoms with Crippen molar-refractivity contribution in [2.75, 3.05) is 0 Å². The average Bonchev–Trinajstić information content (AvgIpc) is 2.78. The van der Waals surface area contributed by atoms with Gasteiger partial charge in [-0.05, 0) is 96.9 Å². The molecule has 0 saturated carbocycles. The van der Waals surface area contributed by atoms with Gasteiger partial charge in [0, 0.05) is 18.5 Å². The molecule has 0 aromatic heterocycles. The molecule has 0 heterocycles. The van der Waals surface area contributed by atoms with Crippen molar-refractivity contribution in [3.05, 3.63) is 29.3 Å². The second-order valence-corrected chi connectivity index (χ2v) is 11.9. The summed E-state index contributed by atoms with van der Waals surface area (Å²) >= 11 is 0. The number of aromatic hydroxyl groups is 1. The molecular formula is C29H48N4O6. The first-order valence-electron chi connectivity index (χ1n) is 13.6. The smallest absolute Gasteiger partial charge is 0.408 e. The SMILES string of the molecule is Cc1cc(C(C(=O)NC(C)C)N(C(=O)C(CCC(N)=O)NC(=O)OC(C)(C)C)C(C)CCC(C)C)ccc1O. The monoisotopic (exact) mass is 548 g/mol. The van der Waals surface area contributed by atoms with E-state index in [0.717, 1.165) is 6.42 Å². The Hall–Kier alpha value is -3.30. The summed E-state index contributed by atoms with van der Waals surface area (Å²) in [5.41, 5.74) is 5.63. The van der Waals surface area contributed by atoms with E-state index in [2.05, 4.69) is 24.5 Å². The van der Waals surface area contributed by atoms with E-state index in [1.54, 1.807) is 39.8 Å². The van der Waals surface area contributed by atoms with Gasteiger partial charge < -0.3 is 31.1 Å². The lowest BCUT2D eigenvalue weighted by atomic mass is 9.95. The number of rotatable bonds is 13. The number of nitrogens with one attached hydrogen (secondary N) is 2. The fraction of sp³-hybridized carbons (Fsp3) is 0.655. The van der Waals surface area contributed by atoms with Gasteiger partial charge in [0.05, 0.1) is 0 Å². The van der Waals surface area contributed by atoms with Crippen LogP contribution in [0.1, 0.15) is 98.2 Å². The molecule has 0 aliphatic heterocycles. The van der Waals surface area contributed by atoms with E-state index in [4.69, 9.17) is 10.5 Å². The predicted molar refractivity (Wildman–Crippen MR) is 151 cm³/mol. The van der Waals surface area contributed by atoms with Crippen LogP contribution in [-0.2, 0) is 19.1 Å². The molecule has 0 fully saturated rings. The number of hydrogen-bond donors (Lipinski definition) is 4. The molecule has 4 amide bonds. The molecule has 1 aromatic rings. The molecule has 39 heavy (non-hydrogen) atoms. The number of amides is 4. The van der Waals surface area contributed by atoms with Crippen molar-refractivity contribution in [1.82, 2.24) is 15.5 Å². The Bertz CT molecular complexity index is 1000. The first-order valence-corrected chi connectivity index (χ1v) is 13.6. The molecule has 3 atom stereocenters. The summed E-state index contributed by atoms with van der Waals surface area (Å²) in [7, 11) is 0. The van der Waals surface area contributed by atoms with Gasteiger partial charge in [-0.3, -0.25) is 14.4 Å². The zero-order valence-electron chi connectivity index (χ0n) is 25.0. The highest BCUT2D eigenvalue weighted by Crippen LogP contribution is 2.30. The molecule has 0 aliphatic carbocycles. The van der Waals surface area contributed by atoms with Crippen molar-refractivity contribution < 1.29 is 29.0 Å². The van der Waals surface area contributed by atoms with Crippen molar-refractivity contribution >= 4 is 23.8 Å². The lowest BCUT2D eigenvalue weighted by molar-refractivity contribution is -0.145. The number of nitrogens with two attached hydrogens (primary N) is 1. The number of benzene rings is 1. The molecule has 0 radical (unpaired) electrons. The van der Waals surface area contributed by atoms with E-state index in [9.17, 15) is 24.3 Å². The number of phenols is 1. The van der Waals surface area contributed by atoms with Gasteiger partial charge in [0.25, 0.3) is 0 Å². The Kier molecular flexibility index (Phi) is 12.8. The molecule has 0 spiro atoms. The number of carbonyl (C=O) groups excluding carboxylic acids is 4. The topological polar surface area (TPSA) is 151 Å². The van der Waals surface area contributed by atoms with Gasteiger partial charge in [-0.15, -0.1) is 0 Å². The quantitative estimate of drug-likeness (QED) is 0.292. The molecule has 1 aromatic carbocycles. The predicted octanol–water partition coefficient (Wildman–Crippen LogP) is 4.08. The maximum absolute atomic E-state index is 14.3. The maximum atomic E-state index is 14.3. The molecular weight excluding hydrogens is 500 g/mol. The molecule has 0 aliphatic rings. The molecule has 10 heteroatoms. The third-order valence-electron chi connectivity index (χ3n) is 6.05. The van der Waals surface area contributed by atoms with Gasteiger partial charge in [0.1, 0.15) is 23.4 Å². The minimum Gasteiger partial charge on any atom is -0.508 e. The van der Waals surface area contributed by atoms with E-state index in [1.165, 1.54) is 11.0 Å². The Balaban J connectivity index is 3.68. The molecule has 10 nitrogen and oxygen atoms in total. The lowest BCUT2D eigenvalue weighted by Crippen LogP contribution is -2.56. The molecule has 5 N–H and O–H groups in total. The summed E-state index contributed by atoms with van der Waals surface area (Å²) in [4.78, 5) is 53.8. The van der Waals surface area contributed by atoms with Gasteiger partial charge in [-0.2, -0.15) is 0 Å². The second-order valence-electron chi connectivity index (χ2n) is 11.9. The van der Waals surface area contributed by atoms with Gasteiger partial charge in [-0.1, -0.05) is 19.9 Å². The first-order chi connectivity index (χ1) is 17.9. The van der Waals surface area contributed by atoms with E-state index >= 15 is 0 Å². The van der Waals surface area contributed by atoms with Crippen LogP contribution in [0.15, 0.2) is 18.2 Å². The number of ether oxygens (including phenoxy) is 1. The Morgan fingerprint density at radius 2 is 1.62 bits per heavy atom. The third-order valence-corrected chi connectivity index (χ3v) is 6.05. The summed E-state index contributed by atoms with van der Waals surface area (Å²) < 4.78 is 5.37. The van der Waals surface area contributed by atoms with Crippen LogP contribution in [0, 0.1) is 12.8 Å². The molecule has 0 bridgehead atoms. The number of nitrogens with zero attached hydrogens (tertiary/aromatic N) is 1. The maximum Gasteiger partial charge on any atom is 0.408 e. The van der Waals surface area contributed by atoms with Crippen LogP contribution in [0.25, 0.3) is 0 Å². The van der Waals surface area contributed by atoms with Gasteiger partial charge in [0.2, 0.25) is 17.7 Å². The van der Waals surface area contributed by atoms with E-state index < -0.39 is 47.5 Å². The Morgan fingerprint density at radius 3 is 2.10 bits per heavy atom. The average molecular weight is 549 g/mol. The highest BCUT2D eigenvalue weighted by atomic mass is 16.6. The van der Waals surface area contributed by atoms with Crippen LogP contribution < -0.4 is 16.4 Å². The first kappa shape index (κ1) is 33.7. The van der Waals surface area contributed by atoms with Gasteiger partial charge in [-0.25, -0.2) is 4.79 Å². The highest BCUT2D eigenvalue weighted by Gasteiger charge is 2.39. The van der Waals surface area contributed by atoms with Crippen LogP contribution in [0.2, 0.25) is 0 Å². The van der Waals surface area contributed by atoms with Crippen LogP contribution >= 0.6 is 0 Å². The summed E-state index contributed by atoms with van der Waals surface area (Å²) in [6.45, 7) is 16.5. The number of phenolic OH excluding ortho intramolecular Hbond substituents is 1. The summed E-state index contributed by atoms with van der Waals surface area (Å²) in [5.74, 6) is -1.13. The van der Waals surface area contributed by atoms with E-state index in [0.29, 0.717) is 23.5 Å². The van der Waals surface area contributed by atoms with Crippen molar-refractivity contribution in [1.29, 1.82) is 0 Å². The number of aryl methyl sites for hydroxylation is 1. The van der Waals surface area contributed by atoms with Crippen LogP contribution in [-0.4, -0.2) is 57.5 Å². The Labute approximate surface area is 233 Å². The molecule has 3 unspecified atom stereocenters. The minimum absolute atomic E-state index is 0.0616. The lowest BCUT2D eigenvalue weighted by Gasteiger charge is -2.39. The number of alkyl carbamates (subject to hydrolysis) is 1. The number of hydrogen-bond acceptors (Lipinski definition) is 6. The van der Waals surface area contributed by atoms with Crippen LogP contribution in [0.3, 0.4) is 0 Å². The van der Waals surface area contributed by atoms with Crippen molar-refractivity contribution in [2.45, 2.75) is 118 Å².